The Hall–Kier alpha value is -1.71. The van der Waals surface area contributed by atoms with Gasteiger partial charge in [0.25, 0.3) is 0 Å². The smallest absolute Gasteiger partial charge is 0.222 e. The summed E-state index contributed by atoms with van der Waals surface area (Å²) in [6, 6.07) is 7.61. The summed E-state index contributed by atoms with van der Waals surface area (Å²) in [4.78, 5) is 13.8. The maximum atomic E-state index is 12.1. The lowest BCUT2D eigenvalue weighted by Crippen LogP contribution is -2.42. The van der Waals surface area contributed by atoms with E-state index < -0.39 is 0 Å². The van der Waals surface area contributed by atoms with Crippen LogP contribution in [0.1, 0.15) is 27.2 Å². The van der Waals surface area contributed by atoms with Gasteiger partial charge in [0.1, 0.15) is 6.61 Å². The largest absolute Gasteiger partial charge is 0.486 e. The zero-order chi connectivity index (χ0) is 14.8. The summed E-state index contributed by atoms with van der Waals surface area (Å²) in [5, 5.41) is 0. The van der Waals surface area contributed by atoms with Crippen LogP contribution < -0.4 is 9.47 Å². The van der Waals surface area contributed by atoms with Crippen LogP contribution in [0.2, 0.25) is 0 Å². The molecule has 1 unspecified atom stereocenters. The van der Waals surface area contributed by atoms with Crippen molar-refractivity contribution in [3.05, 3.63) is 24.3 Å². The van der Waals surface area contributed by atoms with Crippen LogP contribution in [0.5, 0.6) is 11.5 Å². The van der Waals surface area contributed by atoms with Gasteiger partial charge in [0.15, 0.2) is 17.6 Å². The van der Waals surface area contributed by atoms with E-state index in [1.807, 2.05) is 31.3 Å². The molecule has 0 fully saturated rings. The minimum absolute atomic E-state index is 0.00185. The molecule has 1 aliphatic heterocycles. The van der Waals surface area contributed by atoms with E-state index in [9.17, 15) is 4.79 Å². The van der Waals surface area contributed by atoms with Crippen molar-refractivity contribution < 1.29 is 14.3 Å². The summed E-state index contributed by atoms with van der Waals surface area (Å²) in [7, 11) is 1.82. The molecule has 2 rings (SSSR count). The molecule has 0 radical (unpaired) electrons. The van der Waals surface area contributed by atoms with E-state index in [1.54, 1.807) is 4.90 Å². The second-order valence-electron chi connectivity index (χ2n) is 6.51. The highest BCUT2D eigenvalue weighted by Gasteiger charge is 2.25. The number of rotatable bonds is 3. The third kappa shape index (κ3) is 3.89. The van der Waals surface area contributed by atoms with E-state index in [-0.39, 0.29) is 17.4 Å². The van der Waals surface area contributed by atoms with Gasteiger partial charge in [-0.1, -0.05) is 32.9 Å². The van der Waals surface area contributed by atoms with Gasteiger partial charge in [-0.05, 0) is 17.5 Å². The molecule has 110 valence electrons. The Balaban J connectivity index is 1.90. The molecule has 1 aromatic rings. The van der Waals surface area contributed by atoms with Crippen LogP contribution in [0.15, 0.2) is 24.3 Å². The summed E-state index contributed by atoms with van der Waals surface area (Å²) in [6.45, 7) is 7.22. The summed E-state index contributed by atoms with van der Waals surface area (Å²) in [5.41, 5.74) is 0.00185. The summed E-state index contributed by atoms with van der Waals surface area (Å²) in [6.07, 6.45) is 0.423. The summed E-state index contributed by atoms with van der Waals surface area (Å²) >= 11 is 0. The minimum Gasteiger partial charge on any atom is -0.486 e. The second kappa shape index (κ2) is 5.73. The van der Waals surface area contributed by atoms with Crippen molar-refractivity contribution in [1.29, 1.82) is 0 Å². The van der Waals surface area contributed by atoms with Gasteiger partial charge in [-0.15, -0.1) is 0 Å². The monoisotopic (exact) mass is 277 g/mol. The molecule has 20 heavy (non-hydrogen) atoms. The summed E-state index contributed by atoms with van der Waals surface area (Å²) < 4.78 is 11.5. The number of hydrogen-bond donors (Lipinski definition) is 0. The maximum absolute atomic E-state index is 12.1. The number of amides is 1. The number of hydrogen-bond acceptors (Lipinski definition) is 3. The number of para-hydroxylation sites is 2. The predicted molar refractivity (Wildman–Crippen MR) is 78.1 cm³/mol. The van der Waals surface area contributed by atoms with E-state index in [1.165, 1.54) is 0 Å². The molecule has 0 aliphatic carbocycles. The number of ether oxygens (including phenoxy) is 2. The first-order valence-corrected chi connectivity index (χ1v) is 6.97. The zero-order valence-corrected chi connectivity index (χ0v) is 12.7. The molecule has 0 bridgehead atoms. The van der Waals surface area contributed by atoms with Gasteiger partial charge in [0.05, 0.1) is 6.54 Å². The van der Waals surface area contributed by atoms with Gasteiger partial charge in [0, 0.05) is 13.5 Å². The third-order valence-corrected chi connectivity index (χ3v) is 3.15. The van der Waals surface area contributed by atoms with Crippen LogP contribution in [-0.4, -0.2) is 37.1 Å². The second-order valence-corrected chi connectivity index (χ2v) is 6.51. The highest BCUT2D eigenvalue weighted by molar-refractivity contribution is 5.76. The Bertz CT molecular complexity index is 479. The highest BCUT2D eigenvalue weighted by atomic mass is 16.6. The molecule has 0 spiro atoms. The number of nitrogens with zero attached hydrogens (tertiary/aromatic N) is 1. The standard InChI is InChI=1S/C16H23NO3/c1-16(2,3)9-15(18)17(4)10-12-11-19-13-7-5-6-8-14(13)20-12/h5-8,12H,9-11H2,1-4H3. The van der Waals surface area contributed by atoms with Crippen molar-refractivity contribution in [3.8, 4) is 11.5 Å². The SMILES string of the molecule is CN(CC1COc2ccccc2O1)C(=O)CC(C)(C)C. The zero-order valence-electron chi connectivity index (χ0n) is 12.7. The van der Waals surface area contributed by atoms with Gasteiger partial charge in [-0.3, -0.25) is 4.79 Å². The van der Waals surface area contributed by atoms with Crippen molar-refractivity contribution >= 4 is 5.91 Å². The van der Waals surface area contributed by atoms with Crippen molar-refractivity contribution in [2.45, 2.75) is 33.3 Å². The third-order valence-electron chi connectivity index (χ3n) is 3.15. The Kier molecular flexibility index (Phi) is 4.21. The van der Waals surface area contributed by atoms with Crippen molar-refractivity contribution in [3.63, 3.8) is 0 Å². The lowest BCUT2D eigenvalue weighted by atomic mass is 9.91. The topological polar surface area (TPSA) is 38.8 Å². The fourth-order valence-electron chi connectivity index (χ4n) is 2.15. The van der Waals surface area contributed by atoms with E-state index in [0.29, 0.717) is 19.6 Å². The average molecular weight is 277 g/mol. The molecule has 1 amide bonds. The van der Waals surface area contributed by atoms with Crippen LogP contribution in [-0.2, 0) is 4.79 Å². The number of benzene rings is 1. The Morgan fingerprint density at radius 3 is 2.60 bits per heavy atom. The van der Waals surface area contributed by atoms with Crippen LogP contribution >= 0.6 is 0 Å². The predicted octanol–water partition coefficient (Wildman–Crippen LogP) is 2.72. The lowest BCUT2D eigenvalue weighted by Gasteiger charge is -2.30. The first-order chi connectivity index (χ1) is 9.35. The molecular formula is C16H23NO3. The molecule has 0 N–H and O–H groups in total. The van der Waals surface area contributed by atoms with Crippen molar-refractivity contribution in [1.82, 2.24) is 4.90 Å². The molecule has 0 saturated carbocycles. The first kappa shape index (κ1) is 14.7. The van der Waals surface area contributed by atoms with Gasteiger partial charge in [0.2, 0.25) is 5.91 Å². The Morgan fingerprint density at radius 2 is 1.95 bits per heavy atom. The van der Waals surface area contributed by atoms with Crippen LogP contribution in [0.4, 0.5) is 0 Å². The Labute approximate surface area is 120 Å². The fourth-order valence-corrected chi connectivity index (χ4v) is 2.15. The molecule has 0 saturated heterocycles. The lowest BCUT2D eigenvalue weighted by molar-refractivity contribution is -0.133. The molecule has 0 aromatic heterocycles. The van der Waals surface area contributed by atoms with Gasteiger partial charge in [-0.2, -0.15) is 0 Å². The van der Waals surface area contributed by atoms with Crippen molar-refractivity contribution in [2.24, 2.45) is 5.41 Å². The Morgan fingerprint density at radius 1 is 1.30 bits per heavy atom. The van der Waals surface area contributed by atoms with E-state index in [0.717, 1.165) is 11.5 Å². The van der Waals surface area contributed by atoms with Crippen molar-refractivity contribution in [2.75, 3.05) is 20.2 Å². The number of carbonyl (C=O) groups excluding carboxylic acids is 1. The van der Waals surface area contributed by atoms with Crippen LogP contribution in [0.25, 0.3) is 0 Å². The van der Waals surface area contributed by atoms with Gasteiger partial charge in [-0.25, -0.2) is 0 Å². The molecule has 1 aliphatic rings. The molecule has 1 heterocycles. The normalized spacial score (nSPS) is 17.7. The molecule has 1 aromatic carbocycles. The average Bonchev–Trinajstić information content (AvgIpc) is 2.36. The molecule has 4 nitrogen and oxygen atoms in total. The minimum atomic E-state index is -0.112. The maximum Gasteiger partial charge on any atom is 0.222 e. The molecule has 4 heteroatoms. The number of likely N-dealkylation sites (N-methyl/N-ethyl adjacent to an activating group) is 1. The quantitative estimate of drug-likeness (QED) is 0.852. The highest BCUT2D eigenvalue weighted by Crippen LogP contribution is 2.31. The van der Waals surface area contributed by atoms with E-state index >= 15 is 0 Å². The first-order valence-electron chi connectivity index (χ1n) is 6.97. The van der Waals surface area contributed by atoms with E-state index in [2.05, 4.69) is 20.8 Å². The summed E-state index contributed by atoms with van der Waals surface area (Å²) in [5.74, 6) is 1.66. The molecular weight excluding hydrogens is 254 g/mol. The number of fused-ring (bicyclic) bond motifs is 1. The van der Waals surface area contributed by atoms with Gasteiger partial charge >= 0.3 is 0 Å². The van der Waals surface area contributed by atoms with Crippen LogP contribution in [0, 0.1) is 5.41 Å². The van der Waals surface area contributed by atoms with Crippen LogP contribution in [0.3, 0.4) is 0 Å². The fraction of sp³-hybridized carbons (Fsp3) is 0.562. The molecule has 1 atom stereocenters. The number of carbonyl (C=O) groups is 1. The van der Waals surface area contributed by atoms with Gasteiger partial charge < -0.3 is 14.4 Å². The van der Waals surface area contributed by atoms with E-state index in [4.69, 9.17) is 9.47 Å².